The summed E-state index contributed by atoms with van der Waals surface area (Å²) in [6, 6.07) is 18.0. The summed E-state index contributed by atoms with van der Waals surface area (Å²) in [6.45, 7) is 7.23. The molecule has 1 N–H and O–H groups in total. The van der Waals surface area contributed by atoms with Crippen LogP contribution in [0.15, 0.2) is 48.5 Å². The monoisotopic (exact) mass is 349 g/mol. The molecular formula is C22H27N3O. The highest BCUT2D eigenvalue weighted by Gasteiger charge is 2.18. The SMILES string of the molecule is CCc1cccc(C(C)C)c1NC(=O)N(CCC#N)Cc1ccccc1. The van der Waals surface area contributed by atoms with Gasteiger partial charge in [0, 0.05) is 18.8 Å². The molecule has 2 rings (SSSR count). The number of benzene rings is 2. The Morgan fingerprint density at radius 2 is 1.88 bits per heavy atom. The Kier molecular flexibility index (Phi) is 7.23. The molecule has 26 heavy (non-hydrogen) atoms. The van der Waals surface area contributed by atoms with Crippen molar-refractivity contribution in [2.45, 2.75) is 46.1 Å². The molecule has 2 aromatic carbocycles. The highest BCUT2D eigenvalue weighted by atomic mass is 16.2. The molecule has 0 aliphatic rings. The van der Waals surface area contributed by atoms with Gasteiger partial charge in [-0.2, -0.15) is 5.26 Å². The van der Waals surface area contributed by atoms with Crippen LogP contribution in [0.1, 0.15) is 49.8 Å². The van der Waals surface area contributed by atoms with Gasteiger partial charge in [0.1, 0.15) is 0 Å². The van der Waals surface area contributed by atoms with Crippen molar-refractivity contribution in [2.24, 2.45) is 0 Å². The zero-order valence-electron chi connectivity index (χ0n) is 15.8. The average molecular weight is 349 g/mol. The quantitative estimate of drug-likeness (QED) is 0.735. The largest absolute Gasteiger partial charge is 0.322 e. The first kappa shape index (κ1) is 19.5. The molecule has 0 aromatic heterocycles. The second-order valence-corrected chi connectivity index (χ2v) is 6.64. The lowest BCUT2D eigenvalue weighted by atomic mass is 9.96. The molecule has 0 atom stereocenters. The van der Waals surface area contributed by atoms with Gasteiger partial charge in [-0.25, -0.2) is 4.79 Å². The van der Waals surface area contributed by atoms with Gasteiger partial charge in [-0.1, -0.05) is 69.3 Å². The van der Waals surface area contributed by atoms with Crippen LogP contribution in [0.3, 0.4) is 0 Å². The third kappa shape index (κ3) is 5.10. The number of aryl methyl sites for hydroxylation is 1. The van der Waals surface area contributed by atoms with Crippen LogP contribution in [0.2, 0.25) is 0 Å². The van der Waals surface area contributed by atoms with E-state index in [1.54, 1.807) is 4.90 Å². The van der Waals surface area contributed by atoms with Gasteiger partial charge in [0.2, 0.25) is 0 Å². The number of nitriles is 1. The van der Waals surface area contributed by atoms with E-state index in [4.69, 9.17) is 5.26 Å². The zero-order valence-corrected chi connectivity index (χ0v) is 15.8. The lowest BCUT2D eigenvalue weighted by Crippen LogP contribution is -2.35. The molecule has 4 heteroatoms. The molecule has 0 bridgehead atoms. The van der Waals surface area contributed by atoms with Gasteiger partial charge in [0.15, 0.2) is 0 Å². The minimum atomic E-state index is -0.160. The van der Waals surface area contributed by atoms with Crippen LogP contribution in [-0.4, -0.2) is 17.5 Å². The topological polar surface area (TPSA) is 56.1 Å². The van der Waals surface area contributed by atoms with E-state index in [1.165, 1.54) is 0 Å². The Morgan fingerprint density at radius 3 is 2.50 bits per heavy atom. The summed E-state index contributed by atoms with van der Waals surface area (Å²) >= 11 is 0. The fraction of sp³-hybridized carbons (Fsp3) is 0.364. The summed E-state index contributed by atoms with van der Waals surface area (Å²) in [5.41, 5.74) is 4.22. The lowest BCUT2D eigenvalue weighted by Gasteiger charge is -2.25. The minimum Gasteiger partial charge on any atom is -0.319 e. The van der Waals surface area contributed by atoms with Crippen molar-refractivity contribution in [3.63, 3.8) is 0 Å². The Labute approximate surface area is 156 Å². The van der Waals surface area contributed by atoms with Gasteiger partial charge >= 0.3 is 6.03 Å². The number of nitrogens with zero attached hydrogens (tertiary/aromatic N) is 2. The number of carbonyl (C=O) groups is 1. The van der Waals surface area contributed by atoms with E-state index in [0.717, 1.165) is 28.8 Å². The fourth-order valence-corrected chi connectivity index (χ4v) is 2.98. The van der Waals surface area contributed by atoms with Crippen LogP contribution in [0.5, 0.6) is 0 Å². The molecule has 0 radical (unpaired) electrons. The highest BCUT2D eigenvalue weighted by molar-refractivity contribution is 5.91. The van der Waals surface area contributed by atoms with Crippen LogP contribution >= 0.6 is 0 Å². The number of para-hydroxylation sites is 1. The van der Waals surface area contributed by atoms with Gasteiger partial charge < -0.3 is 10.2 Å². The van der Waals surface area contributed by atoms with Crippen molar-refractivity contribution in [2.75, 3.05) is 11.9 Å². The van der Waals surface area contributed by atoms with E-state index < -0.39 is 0 Å². The summed E-state index contributed by atoms with van der Waals surface area (Å²) < 4.78 is 0. The smallest absolute Gasteiger partial charge is 0.319 e. The van der Waals surface area contributed by atoms with Gasteiger partial charge in [-0.3, -0.25) is 0 Å². The lowest BCUT2D eigenvalue weighted by molar-refractivity contribution is 0.210. The van der Waals surface area contributed by atoms with E-state index in [2.05, 4.69) is 44.3 Å². The molecule has 0 spiro atoms. The van der Waals surface area contributed by atoms with E-state index in [1.807, 2.05) is 36.4 Å². The molecule has 2 amide bonds. The van der Waals surface area contributed by atoms with Crippen LogP contribution < -0.4 is 5.32 Å². The first-order valence-corrected chi connectivity index (χ1v) is 9.15. The minimum absolute atomic E-state index is 0.160. The molecule has 0 fully saturated rings. The number of hydrogen-bond acceptors (Lipinski definition) is 2. The van der Waals surface area contributed by atoms with Crippen molar-refractivity contribution in [3.05, 3.63) is 65.2 Å². The normalized spacial score (nSPS) is 10.4. The van der Waals surface area contributed by atoms with Gasteiger partial charge in [0.25, 0.3) is 0 Å². The van der Waals surface area contributed by atoms with Crippen LogP contribution in [0, 0.1) is 11.3 Å². The second kappa shape index (κ2) is 9.62. The number of hydrogen-bond donors (Lipinski definition) is 1. The van der Waals surface area contributed by atoms with Crippen molar-refractivity contribution in [3.8, 4) is 6.07 Å². The van der Waals surface area contributed by atoms with Gasteiger partial charge in [-0.05, 0) is 29.0 Å². The first-order chi connectivity index (χ1) is 12.6. The summed E-state index contributed by atoms with van der Waals surface area (Å²) in [6.07, 6.45) is 1.17. The molecule has 0 saturated heterocycles. The molecule has 2 aromatic rings. The predicted octanol–water partition coefficient (Wildman–Crippen LogP) is 5.32. The molecule has 136 valence electrons. The van der Waals surface area contributed by atoms with E-state index in [9.17, 15) is 4.79 Å². The van der Waals surface area contributed by atoms with Gasteiger partial charge in [0.05, 0.1) is 12.5 Å². The molecule has 0 aliphatic heterocycles. The second-order valence-electron chi connectivity index (χ2n) is 6.64. The van der Waals surface area contributed by atoms with Crippen LogP contribution in [0.4, 0.5) is 10.5 Å². The number of rotatable bonds is 7. The predicted molar refractivity (Wildman–Crippen MR) is 106 cm³/mol. The zero-order chi connectivity index (χ0) is 18.9. The highest BCUT2D eigenvalue weighted by Crippen LogP contribution is 2.28. The van der Waals surface area contributed by atoms with Crippen LogP contribution in [-0.2, 0) is 13.0 Å². The maximum Gasteiger partial charge on any atom is 0.322 e. The molecule has 0 unspecified atom stereocenters. The van der Waals surface area contributed by atoms with Gasteiger partial charge in [-0.15, -0.1) is 0 Å². The number of urea groups is 1. The fourth-order valence-electron chi connectivity index (χ4n) is 2.98. The third-order valence-electron chi connectivity index (χ3n) is 4.41. The molecule has 0 heterocycles. The van der Waals surface area contributed by atoms with Crippen LogP contribution in [0.25, 0.3) is 0 Å². The Hall–Kier alpha value is -2.80. The standard InChI is InChI=1S/C22H27N3O/c1-4-19-12-8-13-20(17(2)3)21(19)24-22(26)25(15-9-14-23)16-18-10-6-5-7-11-18/h5-8,10-13,17H,4,9,15-16H2,1-3H3,(H,24,26). The Morgan fingerprint density at radius 1 is 1.15 bits per heavy atom. The summed E-state index contributed by atoms with van der Waals surface area (Å²) in [4.78, 5) is 14.7. The number of amides is 2. The Bertz CT molecular complexity index is 763. The van der Waals surface area contributed by atoms with E-state index >= 15 is 0 Å². The Balaban J connectivity index is 2.25. The summed E-state index contributed by atoms with van der Waals surface area (Å²) in [5, 5.41) is 12.1. The van der Waals surface area contributed by atoms with Crippen molar-refractivity contribution in [1.82, 2.24) is 4.90 Å². The maximum absolute atomic E-state index is 13.0. The molecule has 0 saturated carbocycles. The third-order valence-corrected chi connectivity index (χ3v) is 4.41. The molecule has 0 aliphatic carbocycles. The number of nitrogens with one attached hydrogen (secondary N) is 1. The van der Waals surface area contributed by atoms with Crippen molar-refractivity contribution >= 4 is 11.7 Å². The van der Waals surface area contributed by atoms with Crippen molar-refractivity contribution in [1.29, 1.82) is 5.26 Å². The average Bonchev–Trinajstić information content (AvgIpc) is 2.65. The van der Waals surface area contributed by atoms with E-state index in [0.29, 0.717) is 25.4 Å². The van der Waals surface area contributed by atoms with E-state index in [-0.39, 0.29) is 6.03 Å². The summed E-state index contributed by atoms with van der Waals surface area (Å²) in [7, 11) is 0. The maximum atomic E-state index is 13.0. The first-order valence-electron chi connectivity index (χ1n) is 9.15. The number of anilines is 1. The van der Waals surface area contributed by atoms with Crippen molar-refractivity contribution < 1.29 is 4.79 Å². The number of carbonyl (C=O) groups excluding carboxylic acids is 1. The molecule has 4 nitrogen and oxygen atoms in total. The molecular weight excluding hydrogens is 322 g/mol. The summed E-state index contributed by atoms with van der Waals surface area (Å²) in [5.74, 6) is 0.318.